The van der Waals surface area contributed by atoms with Crippen molar-refractivity contribution in [1.82, 2.24) is 15.1 Å². The van der Waals surface area contributed by atoms with E-state index < -0.39 is 5.97 Å². The summed E-state index contributed by atoms with van der Waals surface area (Å²) in [6.45, 7) is 4.71. The SMILES string of the molecule is CC(C)C(CCNC(=O)c1cnn(C)c1)CCC(=O)O. The van der Waals surface area contributed by atoms with Crippen molar-refractivity contribution in [3.05, 3.63) is 18.0 Å². The fourth-order valence-corrected chi connectivity index (χ4v) is 2.13. The Labute approximate surface area is 119 Å². The van der Waals surface area contributed by atoms with E-state index in [-0.39, 0.29) is 12.3 Å². The summed E-state index contributed by atoms with van der Waals surface area (Å²) in [7, 11) is 1.76. The van der Waals surface area contributed by atoms with Crippen LogP contribution >= 0.6 is 0 Å². The van der Waals surface area contributed by atoms with Crippen LogP contribution in [0, 0.1) is 11.8 Å². The molecule has 0 bridgehead atoms. The van der Waals surface area contributed by atoms with Crippen molar-refractivity contribution < 1.29 is 14.7 Å². The van der Waals surface area contributed by atoms with Crippen LogP contribution in [0.4, 0.5) is 0 Å². The highest BCUT2D eigenvalue weighted by molar-refractivity contribution is 5.93. The topological polar surface area (TPSA) is 84.2 Å². The molecule has 6 nitrogen and oxygen atoms in total. The Morgan fingerprint density at radius 1 is 1.40 bits per heavy atom. The first-order valence-corrected chi connectivity index (χ1v) is 6.88. The molecule has 0 fully saturated rings. The minimum atomic E-state index is -0.768. The third kappa shape index (κ3) is 5.42. The van der Waals surface area contributed by atoms with Gasteiger partial charge in [-0.3, -0.25) is 14.3 Å². The number of nitrogens with one attached hydrogen (secondary N) is 1. The average molecular weight is 281 g/mol. The number of amides is 1. The van der Waals surface area contributed by atoms with Gasteiger partial charge in [0.25, 0.3) is 5.91 Å². The van der Waals surface area contributed by atoms with Crippen molar-refractivity contribution in [2.75, 3.05) is 6.54 Å². The van der Waals surface area contributed by atoms with Crippen molar-refractivity contribution in [2.45, 2.75) is 33.1 Å². The van der Waals surface area contributed by atoms with Crippen molar-refractivity contribution in [2.24, 2.45) is 18.9 Å². The molecule has 1 aromatic rings. The molecule has 1 unspecified atom stereocenters. The minimum Gasteiger partial charge on any atom is -0.481 e. The van der Waals surface area contributed by atoms with Gasteiger partial charge in [-0.2, -0.15) is 5.10 Å². The molecule has 0 aliphatic carbocycles. The molecule has 0 spiro atoms. The van der Waals surface area contributed by atoms with Gasteiger partial charge >= 0.3 is 5.97 Å². The van der Waals surface area contributed by atoms with Gasteiger partial charge in [0.1, 0.15) is 0 Å². The van der Waals surface area contributed by atoms with Crippen molar-refractivity contribution in [3.8, 4) is 0 Å². The number of nitrogens with zero attached hydrogens (tertiary/aromatic N) is 2. The number of carboxylic acids is 1. The number of rotatable bonds is 8. The average Bonchev–Trinajstić information content (AvgIpc) is 2.79. The molecule has 6 heteroatoms. The maximum absolute atomic E-state index is 11.8. The van der Waals surface area contributed by atoms with E-state index in [1.54, 1.807) is 17.9 Å². The number of carbonyl (C=O) groups is 2. The second kappa shape index (κ2) is 7.67. The lowest BCUT2D eigenvalue weighted by Gasteiger charge is -2.20. The maximum atomic E-state index is 11.8. The summed E-state index contributed by atoms with van der Waals surface area (Å²) in [4.78, 5) is 22.4. The monoisotopic (exact) mass is 281 g/mol. The van der Waals surface area contributed by atoms with Gasteiger partial charge in [0.15, 0.2) is 0 Å². The van der Waals surface area contributed by atoms with E-state index in [1.165, 1.54) is 6.20 Å². The number of aliphatic carboxylic acids is 1. The number of aryl methyl sites for hydroxylation is 1. The lowest BCUT2D eigenvalue weighted by Crippen LogP contribution is -2.27. The molecule has 1 rings (SSSR count). The molecule has 1 amide bonds. The molecule has 0 radical (unpaired) electrons. The van der Waals surface area contributed by atoms with Gasteiger partial charge in [-0.15, -0.1) is 0 Å². The molecule has 1 heterocycles. The van der Waals surface area contributed by atoms with E-state index in [2.05, 4.69) is 24.3 Å². The Hall–Kier alpha value is -1.85. The summed E-state index contributed by atoms with van der Waals surface area (Å²) in [5.41, 5.74) is 0.541. The number of hydrogen-bond acceptors (Lipinski definition) is 3. The smallest absolute Gasteiger partial charge is 0.303 e. The number of carboxylic acid groups (broad SMARTS) is 1. The van der Waals surface area contributed by atoms with E-state index in [9.17, 15) is 9.59 Å². The Kier molecular flexibility index (Phi) is 6.21. The van der Waals surface area contributed by atoms with Crippen LogP contribution in [0.3, 0.4) is 0 Å². The summed E-state index contributed by atoms with van der Waals surface area (Å²) in [5, 5.41) is 15.5. The standard InChI is InChI=1S/C14H23N3O3/c1-10(2)11(4-5-13(18)19)6-7-15-14(20)12-8-16-17(3)9-12/h8-11H,4-7H2,1-3H3,(H,15,20)(H,18,19). The summed E-state index contributed by atoms with van der Waals surface area (Å²) in [6, 6.07) is 0. The molecule has 112 valence electrons. The first-order chi connectivity index (χ1) is 9.40. The van der Waals surface area contributed by atoms with E-state index in [0.29, 0.717) is 30.4 Å². The third-order valence-corrected chi connectivity index (χ3v) is 3.44. The normalized spacial score (nSPS) is 12.4. The van der Waals surface area contributed by atoms with Crippen molar-refractivity contribution in [3.63, 3.8) is 0 Å². The molecule has 0 saturated heterocycles. The van der Waals surface area contributed by atoms with Crippen molar-refractivity contribution >= 4 is 11.9 Å². The molecule has 0 aromatic carbocycles. The van der Waals surface area contributed by atoms with Crippen LogP contribution in [0.5, 0.6) is 0 Å². The third-order valence-electron chi connectivity index (χ3n) is 3.44. The molecular weight excluding hydrogens is 258 g/mol. The highest BCUT2D eigenvalue weighted by atomic mass is 16.4. The Balaban J connectivity index is 2.36. The molecule has 0 saturated carbocycles. The fraction of sp³-hybridized carbons (Fsp3) is 0.643. The van der Waals surface area contributed by atoms with Gasteiger partial charge in [0, 0.05) is 26.2 Å². The van der Waals surface area contributed by atoms with Gasteiger partial charge in [-0.1, -0.05) is 13.8 Å². The van der Waals surface area contributed by atoms with E-state index in [4.69, 9.17) is 5.11 Å². The maximum Gasteiger partial charge on any atom is 0.303 e. The van der Waals surface area contributed by atoms with Crippen molar-refractivity contribution in [1.29, 1.82) is 0 Å². The predicted octanol–water partition coefficient (Wildman–Crippen LogP) is 1.68. The van der Waals surface area contributed by atoms with Gasteiger partial charge in [-0.25, -0.2) is 0 Å². The molecule has 0 aliphatic rings. The van der Waals surface area contributed by atoms with Crippen LogP contribution in [-0.4, -0.2) is 33.3 Å². The van der Waals surface area contributed by atoms with Gasteiger partial charge in [-0.05, 0) is 24.7 Å². The van der Waals surface area contributed by atoms with Crippen LogP contribution in [0.2, 0.25) is 0 Å². The number of aromatic nitrogens is 2. The van der Waals surface area contributed by atoms with Crippen LogP contribution in [-0.2, 0) is 11.8 Å². The zero-order chi connectivity index (χ0) is 15.1. The summed E-state index contributed by atoms with van der Waals surface area (Å²) in [5.74, 6) is -0.196. The van der Waals surface area contributed by atoms with E-state index >= 15 is 0 Å². The second-order valence-corrected chi connectivity index (χ2v) is 5.38. The van der Waals surface area contributed by atoms with Crippen LogP contribution < -0.4 is 5.32 Å². The fourth-order valence-electron chi connectivity index (χ4n) is 2.13. The van der Waals surface area contributed by atoms with E-state index in [1.807, 2.05) is 0 Å². The summed E-state index contributed by atoms with van der Waals surface area (Å²) < 4.78 is 1.58. The molecule has 1 atom stereocenters. The zero-order valence-electron chi connectivity index (χ0n) is 12.3. The summed E-state index contributed by atoms with van der Waals surface area (Å²) in [6.07, 6.45) is 4.81. The first kappa shape index (κ1) is 16.2. The van der Waals surface area contributed by atoms with Gasteiger partial charge in [0.05, 0.1) is 11.8 Å². The zero-order valence-corrected chi connectivity index (χ0v) is 12.3. The largest absolute Gasteiger partial charge is 0.481 e. The molecule has 20 heavy (non-hydrogen) atoms. The van der Waals surface area contributed by atoms with Crippen LogP contribution in [0.15, 0.2) is 12.4 Å². The van der Waals surface area contributed by atoms with E-state index in [0.717, 1.165) is 6.42 Å². The molecule has 2 N–H and O–H groups in total. The Morgan fingerprint density at radius 2 is 2.10 bits per heavy atom. The number of hydrogen-bond donors (Lipinski definition) is 2. The minimum absolute atomic E-state index is 0.140. The molecule has 0 aliphatic heterocycles. The van der Waals surface area contributed by atoms with Crippen LogP contribution in [0.1, 0.15) is 43.5 Å². The Morgan fingerprint density at radius 3 is 2.60 bits per heavy atom. The lowest BCUT2D eigenvalue weighted by atomic mass is 9.88. The molecule has 1 aromatic heterocycles. The Bertz CT molecular complexity index is 454. The highest BCUT2D eigenvalue weighted by Gasteiger charge is 2.15. The quantitative estimate of drug-likeness (QED) is 0.759. The number of carbonyl (C=O) groups excluding carboxylic acids is 1. The molecular formula is C14H23N3O3. The van der Waals surface area contributed by atoms with Gasteiger partial charge < -0.3 is 10.4 Å². The highest BCUT2D eigenvalue weighted by Crippen LogP contribution is 2.20. The van der Waals surface area contributed by atoms with Crippen LogP contribution in [0.25, 0.3) is 0 Å². The lowest BCUT2D eigenvalue weighted by molar-refractivity contribution is -0.137. The predicted molar refractivity (Wildman–Crippen MR) is 75.4 cm³/mol. The summed E-state index contributed by atoms with van der Waals surface area (Å²) >= 11 is 0. The first-order valence-electron chi connectivity index (χ1n) is 6.88. The van der Waals surface area contributed by atoms with Gasteiger partial charge in [0.2, 0.25) is 0 Å². The second-order valence-electron chi connectivity index (χ2n) is 5.38.